The fourth-order valence-corrected chi connectivity index (χ4v) is 2.72. The molecule has 0 fully saturated rings. The second-order valence-corrected chi connectivity index (χ2v) is 6.09. The lowest BCUT2D eigenvalue weighted by Gasteiger charge is -2.05. The Morgan fingerprint density at radius 2 is 1.91 bits per heavy atom. The Labute approximate surface area is 134 Å². The van der Waals surface area contributed by atoms with Crippen molar-refractivity contribution in [2.24, 2.45) is 11.1 Å². The molecule has 0 unspecified atom stereocenters. The highest BCUT2D eigenvalue weighted by Gasteiger charge is 2.15. The lowest BCUT2D eigenvalue weighted by molar-refractivity contribution is 0.282. The van der Waals surface area contributed by atoms with Gasteiger partial charge in [0, 0.05) is 11.8 Å². The molecule has 0 atom stereocenters. The van der Waals surface area contributed by atoms with Crippen molar-refractivity contribution in [3.05, 3.63) is 58.6 Å². The van der Waals surface area contributed by atoms with E-state index in [9.17, 15) is 10.0 Å². The molecule has 1 N–H and O–H groups in total. The Kier molecular flexibility index (Phi) is 4.21. The molecule has 0 aliphatic rings. The fraction of sp³-hybridized carbons (Fsp3) is 0.278. The molecule has 0 spiro atoms. The van der Waals surface area contributed by atoms with Crippen LogP contribution in [0.3, 0.4) is 0 Å². The molecular weight excluding hydrogens is 290 g/mol. The average molecular weight is 309 g/mol. The van der Waals surface area contributed by atoms with Crippen LogP contribution in [0, 0.1) is 10.8 Å². The molecule has 0 saturated carbocycles. The largest absolute Gasteiger partial charge is 0.392 e. The van der Waals surface area contributed by atoms with E-state index in [0.717, 1.165) is 17.5 Å². The van der Waals surface area contributed by atoms with Gasteiger partial charge < -0.3 is 5.11 Å². The molecule has 5 nitrogen and oxygen atoms in total. The number of fused-ring (bicyclic) bond motifs is 1. The molecule has 2 aromatic heterocycles. The van der Waals surface area contributed by atoms with Crippen molar-refractivity contribution >= 4 is 11.5 Å². The van der Waals surface area contributed by atoms with Crippen molar-refractivity contribution in [1.82, 2.24) is 9.38 Å². The van der Waals surface area contributed by atoms with Gasteiger partial charge in [0.05, 0.1) is 6.61 Å². The van der Waals surface area contributed by atoms with E-state index in [1.807, 2.05) is 12.1 Å². The van der Waals surface area contributed by atoms with Crippen molar-refractivity contribution < 1.29 is 5.11 Å². The fourth-order valence-electron chi connectivity index (χ4n) is 2.72. The zero-order valence-corrected chi connectivity index (χ0v) is 13.2. The number of pyridine rings is 1. The summed E-state index contributed by atoms with van der Waals surface area (Å²) in [4.78, 5) is 15.8. The van der Waals surface area contributed by atoms with E-state index in [4.69, 9.17) is 0 Å². The lowest BCUT2D eigenvalue weighted by atomic mass is 10.0. The highest BCUT2D eigenvalue weighted by Crippen LogP contribution is 2.31. The molecule has 2 heterocycles. The van der Waals surface area contributed by atoms with Crippen LogP contribution in [0.4, 0.5) is 5.82 Å². The summed E-state index contributed by atoms with van der Waals surface area (Å²) in [5, 5.41) is 12.4. The normalized spacial score (nSPS) is 11.3. The van der Waals surface area contributed by atoms with Gasteiger partial charge in [0.15, 0.2) is 0 Å². The average Bonchev–Trinajstić information content (AvgIpc) is 2.92. The van der Waals surface area contributed by atoms with Gasteiger partial charge in [0.25, 0.3) is 0 Å². The van der Waals surface area contributed by atoms with Crippen LogP contribution in [0.25, 0.3) is 16.9 Å². The summed E-state index contributed by atoms with van der Waals surface area (Å²) >= 11 is 0. The Morgan fingerprint density at radius 1 is 1.17 bits per heavy atom. The Morgan fingerprint density at radius 3 is 2.52 bits per heavy atom. The molecule has 23 heavy (non-hydrogen) atoms. The van der Waals surface area contributed by atoms with Crippen molar-refractivity contribution in [3.8, 4) is 11.3 Å². The van der Waals surface area contributed by atoms with Crippen molar-refractivity contribution in [2.75, 3.05) is 0 Å². The number of benzene rings is 1. The monoisotopic (exact) mass is 309 g/mol. The highest BCUT2D eigenvalue weighted by molar-refractivity contribution is 5.74. The van der Waals surface area contributed by atoms with Crippen LogP contribution in [0.15, 0.2) is 47.8 Å². The third-order valence-electron chi connectivity index (χ3n) is 3.81. The minimum Gasteiger partial charge on any atom is -0.392 e. The Hall–Kier alpha value is -2.53. The predicted molar refractivity (Wildman–Crippen MR) is 90.5 cm³/mol. The summed E-state index contributed by atoms with van der Waals surface area (Å²) in [7, 11) is 0. The molecule has 0 radical (unpaired) electrons. The molecule has 0 amide bonds. The smallest absolute Gasteiger partial charge is 0.209 e. The van der Waals surface area contributed by atoms with E-state index in [1.54, 1.807) is 22.7 Å². The summed E-state index contributed by atoms with van der Waals surface area (Å²) in [6.45, 7) is 4.30. The van der Waals surface area contributed by atoms with Crippen LogP contribution in [0.1, 0.15) is 25.0 Å². The number of hydrogen-bond acceptors (Lipinski definition) is 4. The van der Waals surface area contributed by atoms with Crippen molar-refractivity contribution in [3.63, 3.8) is 0 Å². The number of rotatable bonds is 5. The quantitative estimate of drug-likeness (QED) is 0.722. The summed E-state index contributed by atoms with van der Waals surface area (Å²) < 4.78 is 1.64. The second-order valence-electron chi connectivity index (χ2n) is 6.09. The van der Waals surface area contributed by atoms with Gasteiger partial charge in [-0.25, -0.2) is 4.98 Å². The van der Waals surface area contributed by atoms with Gasteiger partial charge >= 0.3 is 0 Å². The molecule has 3 rings (SSSR count). The summed E-state index contributed by atoms with van der Waals surface area (Å²) in [6.07, 6.45) is 2.73. The molecule has 0 bridgehead atoms. The standard InChI is InChI=1S/C18H19N3O2/c1-12(2)9-13-3-5-15(6-4-13)17-18(20-23)21-8-7-14(11-22)10-16(21)19-17/h3-8,10,12,22H,9,11H2,1-2H3. The first-order valence-electron chi connectivity index (χ1n) is 7.67. The van der Waals surface area contributed by atoms with E-state index < -0.39 is 0 Å². The number of aromatic nitrogens is 2. The maximum Gasteiger partial charge on any atom is 0.209 e. The van der Waals surface area contributed by atoms with Gasteiger partial charge in [-0.1, -0.05) is 38.1 Å². The lowest BCUT2D eigenvalue weighted by Crippen LogP contribution is -1.93. The maximum atomic E-state index is 11.3. The highest BCUT2D eigenvalue weighted by atomic mass is 16.3. The number of aliphatic hydroxyl groups excluding tert-OH is 1. The minimum atomic E-state index is -0.0631. The zero-order valence-electron chi connectivity index (χ0n) is 13.2. The number of aliphatic hydroxyl groups is 1. The number of nitroso groups, excluding NO2 is 1. The van der Waals surface area contributed by atoms with Gasteiger partial charge in [-0.15, -0.1) is 4.91 Å². The molecule has 5 heteroatoms. The van der Waals surface area contributed by atoms with Crippen LogP contribution < -0.4 is 0 Å². The first-order valence-corrected chi connectivity index (χ1v) is 7.67. The third kappa shape index (κ3) is 3.00. The van der Waals surface area contributed by atoms with Gasteiger partial charge in [-0.2, -0.15) is 0 Å². The van der Waals surface area contributed by atoms with Crippen LogP contribution >= 0.6 is 0 Å². The summed E-state index contributed by atoms with van der Waals surface area (Å²) in [5.41, 5.74) is 4.04. The topological polar surface area (TPSA) is 67.0 Å². The number of nitrogens with zero attached hydrogens (tertiary/aromatic N) is 3. The SMILES string of the molecule is CC(C)Cc1ccc(-c2nc3cc(CO)ccn3c2N=O)cc1. The minimum absolute atomic E-state index is 0.0631. The predicted octanol–water partition coefficient (Wildman–Crippen LogP) is 4.09. The van der Waals surface area contributed by atoms with Crippen LogP contribution in [0.2, 0.25) is 0 Å². The van der Waals surface area contributed by atoms with Gasteiger partial charge in [-0.3, -0.25) is 4.40 Å². The van der Waals surface area contributed by atoms with E-state index >= 15 is 0 Å². The Balaban J connectivity index is 2.06. The van der Waals surface area contributed by atoms with E-state index in [2.05, 4.69) is 36.1 Å². The summed E-state index contributed by atoms with van der Waals surface area (Å²) in [6, 6.07) is 11.6. The molecule has 1 aromatic carbocycles. The number of imidazole rings is 1. The molecule has 0 aliphatic carbocycles. The first kappa shape index (κ1) is 15.4. The molecule has 118 valence electrons. The van der Waals surface area contributed by atoms with Crippen LogP contribution in [-0.4, -0.2) is 14.5 Å². The van der Waals surface area contributed by atoms with E-state index in [-0.39, 0.29) is 12.4 Å². The molecular formula is C18H19N3O2. The third-order valence-corrected chi connectivity index (χ3v) is 3.81. The zero-order chi connectivity index (χ0) is 16.4. The van der Waals surface area contributed by atoms with Crippen molar-refractivity contribution in [1.29, 1.82) is 0 Å². The van der Waals surface area contributed by atoms with Gasteiger partial charge in [-0.05, 0) is 40.8 Å². The second kappa shape index (κ2) is 6.30. The van der Waals surface area contributed by atoms with E-state index in [1.165, 1.54) is 5.56 Å². The first-order chi connectivity index (χ1) is 11.1. The maximum absolute atomic E-state index is 11.3. The molecule has 0 aliphatic heterocycles. The van der Waals surface area contributed by atoms with Gasteiger partial charge in [0.1, 0.15) is 11.3 Å². The molecule has 0 saturated heterocycles. The van der Waals surface area contributed by atoms with Crippen molar-refractivity contribution in [2.45, 2.75) is 26.9 Å². The van der Waals surface area contributed by atoms with Gasteiger partial charge in [0.2, 0.25) is 5.82 Å². The van der Waals surface area contributed by atoms with Crippen LogP contribution in [-0.2, 0) is 13.0 Å². The molecule has 3 aromatic rings. The number of hydrogen-bond donors (Lipinski definition) is 1. The summed E-state index contributed by atoms with van der Waals surface area (Å²) in [5.74, 6) is 0.876. The van der Waals surface area contributed by atoms with Crippen LogP contribution in [0.5, 0.6) is 0 Å². The Bertz CT molecular complexity index is 835. The van der Waals surface area contributed by atoms with E-state index in [0.29, 0.717) is 17.3 Å².